The zero-order valence-electron chi connectivity index (χ0n) is 14.6. The summed E-state index contributed by atoms with van der Waals surface area (Å²) in [5.41, 5.74) is 0. The van der Waals surface area contributed by atoms with Crippen LogP contribution in [0.25, 0.3) is 0 Å². The van der Waals surface area contributed by atoms with Gasteiger partial charge in [0.15, 0.2) is 0 Å². The van der Waals surface area contributed by atoms with E-state index in [9.17, 15) is 4.79 Å². The van der Waals surface area contributed by atoms with E-state index in [4.69, 9.17) is 0 Å². The normalized spacial score (nSPS) is 21.2. The molecule has 0 spiro atoms. The molecule has 0 bridgehead atoms. The Morgan fingerprint density at radius 2 is 1.68 bits per heavy atom. The number of amides is 1. The minimum Gasteiger partial charge on any atom is -0.339 e. The van der Waals surface area contributed by atoms with Crippen LogP contribution in [0, 0.1) is 0 Å². The van der Waals surface area contributed by atoms with Gasteiger partial charge in [0, 0.05) is 18.6 Å². The molecule has 4 heteroatoms. The minimum absolute atomic E-state index is 0.362. The van der Waals surface area contributed by atoms with E-state index in [0.29, 0.717) is 24.5 Å². The lowest BCUT2D eigenvalue weighted by atomic mass is 9.94. The number of rotatable bonds is 7. The molecule has 1 heterocycles. The van der Waals surface area contributed by atoms with Crippen LogP contribution in [0.4, 0.5) is 0 Å². The van der Waals surface area contributed by atoms with Gasteiger partial charge < -0.3 is 10.2 Å². The number of nitrogens with zero attached hydrogens (tertiary/aromatic N) is 2. The molecule has 0 aromatic carbocycles. The van der Waals surface area contributed by atoms with Crippen LogP contribution in [0.1, 0.15) is 65.2 Å². The Bertz CT molecular complexity index is 322. The number of carbonyl (C=O) groups excluding carboxylic acids is 1. The van der Waals surface area contributed by atoms with E-state index in [1.165, 1.54) is 44.9 Å². The number of hydrogen-bond acceptors (Lipinski definition) is 3. The zero-order chi connectivity index (χ0) is 15.8. The van der Waals surface area contributed by atoms with Crippen molar-refractivity contribution in [1.82, 2.24) is 15.1 Å². The topological polar surface area (TPSA) is 35.6 Å². The molecule has 1 saturated heterocycles. The first-order chi connectivity index (χ1) is 10.8. The van der Waals surface area contributed by atoms with Gasteiger partial charge in [0.2, 0.25) is 5.91 Å². The number of likely N-dealkylation sites (N-methyl/N-ethyl adjacent to an activating group) is 1. The Morgan fingerprint density at radius 1 is 1.00 bits per heavy atom. The number of piperidine rings is 1. The molecule has 22 heavy (non-hydrogen) atoms. The molecule has 2 fully saturated rings. The fourth-order valence-corrected chi connectivity index (χ4v) is 4.15. The van der Waals surface area contributed by atoms with Crippen LogP contribution in [0.15, 0.2) is 0 Å². The van der Waals surface area contributed by atoms with Crippen LogP contribution in [0.3, 0.4) is 0 Å². The highest BCUT2D eigenvalue weighted by Gasteiger charge is 2.28. The molecule has 1 amide bonds. The van der Waals surface area contributed by atoms with E-state index in [1.807, 2.05) is 0 Å². The molecule has 0 radical (unpaired) electrons. The molecule has 1 aliphatic carbocycles. The average molecular weight is 309 g/mol. The van der Waals surface area contributed by atoms with Gasteiger partial charge in [-0.3, -0.25) is 9.69 Å². The largest absolute Gasteiger partial charge is 0.339 e. The van der Waals surface area contributed by atoms with Crippen molar-refractivity contribution in [3.63, 3.8) is 0 Å². The van der Waals surface area contributed by atoms with Gasteiger partial charge in [-0.2, -0.15) is 0 Å². The molecular weight excluding hydrogens is 274 g/mol. The van der Waals surface area contributed by atoms with Gasteiger partial charge in [-0.25, -0.2) is 0 Å². The van der Waals surface area contributed by atoms with Crippen LogP contribution in [0.5, 0.6) is 0 Å². The third-order valence-electron chi connectivity index (χ3n) is 5.35. The second-order valence-electron chi connectivity index (χ2n) is 6.92. The third-order valence-corrected chi connectivity index (χ3v) is 5.35. The maximum atomic E-state index is 12.9. The maximum Gasteiger partial charge on any atom is 0.236 e. The smallest absolute Gasteiger partial charge is 0.236 e. The fourth-order valence-electron chi connectivity index (χ4n) is 4.15. The fraction of sp³-hybridized carbons (Fsp3) is 0.944. The maximum absolute atomic E-state index is 12.9. The van der Waals surface area contributed by atoms with Crippen LogP contribution in [0.2, 0.25) is 0 Å². The Hall–Kier alpha value is -0.610. The summed E-state index contributed by atoms with van der Waals surface area (Å²) in [5, 5.41) is 3.43. The summed E-state index contributed by atoms with van der Waals surface area (Å²) in [6, 6.07) is 1.10. The van der Waals surface area contributed by atoms with Gasteiger partial charge >= 0.3 is 0 Å². The molecule has 0 atom stereocenters. The Balaban J connectivity index is 1.92. The number of nitrogens with one attached hydrogen (secondary N) is 1. The van der Waals surface area contributed by atoms with Gasteiger partial charge in [-0.1, -0.05) is 26.2 Å². The Morgan fingerprint density at radius 3 is 2.27 bits per heavy atom. The highest BCUT2D eigenvalue weighted by Crippen LogP contribution is 2.23. The van der Waals surface area contributed by atoms with E-state index in [2.05, 4.69) is 29.0 Å². The summed E-state index contributed by atoms with van der Waals surface area (Å²) < 4.78 is 0. The number of hydrogen-bond donors (Lipinski definition) is 1. The van der Waals surface area contributed by atoms with Crippen molar-refractivity contribution < 1.29 is 4.79 Å². The van der Waals surface area contributed by atoms with E-state index < -0.39 is 0 Å². The van der Waals surface area contributed by atoms with Crippen LogP contribution < -0.4 is 5.32 Å². The van der Waals surface area contributed by atoms with E-state index >= 15 is 0 Å². The molecular formula is C18H35N3O. The summed E-state index contributed by atoms with van der Waals surface area (Å²) in [6.45, 7) is 9.11. The molecule has 4 nitrogen and oxygen atoms in total. The number of carbonyl (C=O) groups is 1. The molecule has 128 valence electrons. The van der Waals surface area contributed by atoms with Gasteiger partial charge in [0.1, 0.15) is 0 Å². The van der Waals surface area contributed by atoms with Crippen molar-refractivity contribution in [2.75, 3.05) is 32.7 Å². The van der Waals surface area contributed by atoms with E-state index in [-0.39, 0.29) is 0 Å². The Labute approximate surface area is 136 Å². The van der Waals surface area contributed by atoms with Crippen molar-refractivity contribution in [2.45, 2.75) is 77.3 Å². The molecule has 0 aromatic rings. The molecule has 2 rings (SSSR count). The molecule has 0 aromatic heterocycles. The van der Waals surface area contributed by atoms with Crippen LogP contribution >= 0.6 is 0 Å². The second kappa shape index (κ2) is 9.51. The second-order valence-corrected chi connectivity index (χ2v) is 6.92. The minimum atomic E-state index is 0.362. The lowest BCUT2D eigenvalue weighted by molar-refractivity contribution is -0.136. The SMILES string of the molecule is CCCN(CC(=O)N(CC)C1CCCCC1)C1CCNCC1. The van der Waals surface area contributed by atoms with Gasteiger partial charge in [-0.05, 0) is 58.7 Å². The van der Waals surface area contributed by atoms with Gasteiger partial charge in [0.25, 0.3) is 0 Å². The quantitative estimate of drug-likeness (QED) is 0.785. The molecule has 1 N–H and O–H groups in total. The highest BCUT2D eigenvalue weighted by molar-refractivity contribution is 5.78. The van der Waals surface area contributed by atoms with Crippen molar-refractivity contribution in [2.24, 2.45) is 0 Å². The van der Waals surface area contributed by atoms with Crippen molar-refractivity contribution in [3.8, 4) is 0 Å². The van der Waals surface area contributed by atoms with Crippen molar-refractivity contribution in [1.29, 1.82) is 0 Å². The van der Waals surface area contributed by atoms with Crippen LogP contribution in [-0.4, -0.2) is 60.5 Å². The average Bonchev–Trinajstić information content (AvgIpc) is 2.57. The molecule has 0 unspecified atom stereocenters. The Kier molecular flexibility index (Phi) is 7.67. The molecule has 1 aliphatic heterocycles. The first-order valence-electron chi connectivity index (χ1n) is 9.50. The highest BCUT2D eigenvalue weighted by atomic mass is 16.2. The first kappa shape index (κ1) is 17.7. The summed E-state index contributed by atoms with van der Waals surface area (Å²) in [5.74, 6) is 0.362. The summed E-state index contributed by atoms with van der Waals surface area (Å²) in [7, 11) is 0. The van der Waals surface area contributed by atoms with Gasteiger partial charge in [-0.15, -0.1) is 0 Å². The lowest BCUT2D eigenvalue weighted by Crippen LogP contribution is -2.50. The van der Waals surface area contributed by atoms with Crippen molar-refractivity contribution >= 4 is 5.91 Å². The van der Waals surface area contributed by atoms with Gasteiger partial charge in [0.05, 0.1) is 6.54 Å². The van der Waals surface area contributed by atoms with Crippen LogP contribution in [-0.2, 0) is 4.79 Å². The monoisotopic (exact) mass is 309 g/mol. The predicted molar refractivity (Wildman–Crippen MR) is 92.0 cm³/mol. The van der Waals surface area contributed by atoms with E-state index in [0.717, 1.165) is 32.6 Å². The summed E-state index contributed by atoms with van der Waals surface area (Å²) in [6.07, 6.45) is 9.85. The third kappa shape index (κ3) is 4.95. The molecule has 2 aliphatic rings. The lowest BCUT2D eigenvalue weighted by Gasteiger charge is -2.38. The zero-order valence-corrected chi connectivity index (χ0v) is 14.6. The predicted octanol–water partition coefficient (Wildman–Crippen LogP) is 2.63. The van der Waals surface area contributed by atoms with Crippen molar-refractivity contribution in [3.05, 3.63) is 0 Å². The standard InChI is InChI=1S/C18H35N3O/c1-3-14-20(16-10-12-19-13-11-16)15-18(22)21(4-2)17-8-6-5-7-9-17/h16-17,19H,3-15H2,1-2H3. The summed E-state index contributed by atoms with van der Waals surface area (Å²) >= 11 is 0. The first-order valence-corrected chi connectivity index (χ1v) is 9.50. The van der Waals surface area contributed by atoms with E-state index in [1.54, 1.807) is 0 Å². The molecule has 1 saturated carbocycles. The summed E-state index contributed by atoms with van der Waals surface area (Å²) in [4.78, 5) is 17.5.